The molecule has 0 aromatic carbocycles. The first-order valence-electron chi connectivity index (χ1n) is 7.20. The molecule has 3 N–H and O–H groups in total. The number of hydrogen-bond donors (Lipinski definition) is 2. The lowest BCUT2D eigenvalue weighted by atomic mass is 9.96. The van der Waals surface area contributed by atoms with Crippen molar-refractivity contribution in [3.8, 4) is 0 Å². The number of hydrazine groups is 1. The molecule has 3 unspecified atom stereocenters. The molecule has 2 aliphatic rings. The van der Waals surface area contributed by atoms with Crippen LogP contribution in [0.1, 0.15) is 25.7 Å². The SMILES string of the molecule is Nc1ccc(N(C=C[N+](=O)[O-])NC2CC3CCC2C3)cn1. The molecular weight excluding hydrogens is 270 g/mol. The topological polar surface area (TPSA) is 97.3 Å². The molecule has 0 amide bonds. The Kier molecular flexibility index (Phi) is 3.74. The fourth-order valence-electron chi connectivity index (χ4n) is 3.45. The fourth-order valence-corrected chi connectivity index (χ4v) is 3.45. The number of anilines is 2. The van der Waals surface area contributed by atoms with Gasteiger partial charge in [0.2, 0.25) is 0 Å². The average Bonchev–Trinajstić information content (AvgIpc) is 3.06. The summed E-state index contributed by atoms with van der Waals surface area (Å²) in [5.74, 6) is 1.90. The van der Waals surface area contributed by atoms with E-state index in [1.165, 1.54) is 25.5 Å². The van der Waals surface area contributed by atoms with E-state index in [-0.39, 0.29) is 0 Å². The van der Waals surface area contributed by atoms with Crippen LogP contribution in [0, 0.1) is 22.0 Å². The third-order valence-electron chi connectivity index (χ3n) is 4.43. The van der Waals surface area contributed by atoms with Crippen molar-refractivity contribution < 1.29 is 4.92 Å². The largest absolute Gasteiger partial charge is 0.384 e. The Labute approximate surface area is 123 Å². The zero-order chi connectivity index (χ0) is 14.8. The minimum atomic E-state index is -0.472. The first kappa shape index (κ1) is 13.8. The number of nitro groups is 1. The highest BCUT2D eigenvalue weighted by molar-refractivity contribution is 5.49. The maximum Gasteiger partial charge on any atom is 0.252 e. The quantitative estimate of drug-likeness (QED) is 0.635. The van der Waals surface area contributed by atoms with Gasteiger partial charge in [-0.15, -0.1) is 0 Å². The predicted octanol–water partition coefficient (Wildman–Crippen LogP) is 1.91. The van der Waals surface area contributed by atoms with E-state index in [0.29, 0.717) is 17.8 Å². The molecule has 7 heteroatoms. The zero-order valence-corrected chi connectivity index (χ0v) is 11.7. The Balaban J connectivity index is 1.75. The van der Waals surface area contributed by atoms with Gasteiger partial charge >= 0.3 is 0 Å². The van der Waals surface area contributed by atoms with Crippen LogP contribution < -0.4 is 16.2 Å². The number of rotatable bonds is 5. The normalized spacial score (nSPS) is 27.3. The van der Waals surface area contributed by atoms with Crippen LogP contribution in [0.5, 0.6) is 0 Å². The van der Waals surface area contributed by atoms with Crippen molar-refractivity contribution in [2.24, 2.45) is 11.8 Å². The van der Waals surface area contributed by atoms with Crippen molar-refractivity contribution >= 4 is 11.5 Å². The summed E-state index contributed by atoms with van der Waals surface area (Å²) in [7, 11) is 0. The second-order valence-electron chi connectivity index (χ2n) is 5.81. The van der Waals surface area contributed by atoms with Gasteiger partial charge in [0.05, 0.1) is 23.0 Å². The number of fused-ring (bicyclic) bond motifs is 2. The number of hydrogen-bond acceptors (Lipinski definition) is 6. The molecule has 0 saturated heterocycles. The predicted molar refractivity (Wildman–Crippen MR) is 79.6 cm³/mol. The first-order chi connectivity index (χ1) is 10.1. The summed E-state index contributed by atoms with van der Waals surface area (Å²) in [6, 6.07) is 3.86. The van der Waals surface area contributed by atoms with Crippen LogP contribution >= 0.6 is 0 Å². The maximum atomic E-state index is 10.6. The lowest BCUT2D eigenvalue weighted by molar-refractivity contribution is -0.402. The van der Waals surface area contributed by atoms with E-state index in [4.69, 9.17) is 5.73 Å². The molecule has 0 radical (unpaired) electrons. The number of aromatic nitrogens is 1. The molecule has 3 atom stereocenters. The Bertz CT molecular complexity index is 545. The molecule has 7 nitrogen and oxygen atoms in total. The number of nitrogens with zero attached hydrogens (tertiary/aromatic N) is 3. The summed E-state index contributed by atoms with van der Waals surface area (Å²) < 4.78 is 0. The third-order valence-corrected chi connectivity index (χ3v) is 4.43. The van der Waals surface area contributed by atoms with Gasteiger partial charge in [-0.2, -0.15) is 0 Å². The van der Waals surface area contributed by atoms with E-state index in [9.17, 15) is 10.1 Å². The standard InChI is InChI=1S/C14H19N5O2/c15-14-4-3-12(9-16-14)18(5-6-19(20)21)17-13-8-10-1-2-11(13)7-10/h3-6,9-11,13,17H,1-2,7-8H2,(H2,15,16). The van der Waals surface area contributed by atoms with Crippen LogP contribution in [-0.2, 0) is 0 Å². The lowest BCUT2D eigenvalue weighted by Gasteiger charge is -2.29. The molecule has 2 bridgehead atoms. The van der Waals surface area contributed by atoms with Gasteiger partial charge in [-0.05, 0) is 43.2 Å². The van der Waals surface area contributed by atoms with Gasteiger partial charge in [-0.3, -0.25) is 15.1 Å². The highest BCUT2D eigenvalue weighted by Crippen LogP contribution is 2.44. The third kappa shape index (κ3) is 3.13. The zero-order valence-electron chi connectivity index (χ0n) is 11.7. The Hall–Kier alpha value is -2.15. The summed E-state index contributed by atoms with van der Waals surface area (Å²) in [6.07, 6.45) is 8.93. The molecule has 2 fully saturated rings. The molecule has 1 aromatic rings. The van der Waals surface area contributed by atoms with E-state index >= 15 is 0 Å². The van der Waals surface area contributed by atoms with E-state index in [1.54, 1.807) is 23.3 Å². The molecular formula is C14H19N5O2. The average molecular weight is 289 g/mol. The fraction of sp³-hybridized carbons (Fsp3) is 0.500. The van der Waals surface area contributed by atoms with Gasteiger partial charge in [0, 0.05) is 6.04 Å². The molecule has 21 heavy (non-hydrogen) atoms. The Morgan fingerprint density at radius 2 is 2.29 bits per heavy atom. The van der Waals surface area contributed by atoms with Crippen LogP contribution in [0.3, 0.4) is 0 Å². The van der Waals surface area contributed by atoms with Crippen molar-refractivity contribution in [2.45, 2.75) is 31.7 Å². The minimum absolute atomic E-state index is 0.373. The molecule has 1 aromatic heterocycles. The van der Waals surface area contributed by atoms with E-state index in [0.717, 1.165) is 24.2 Å². The summed E-state index contributed by atoms with van der Waals surface area (Å²) in [5.41, 5.74) is 9.73. The van der Waals surface area contributed by atoms with Crippen molar-refractivity contribution in [3.63, 3.8) is 0 Å². The van der Waals surface area contributed by atoms with E-state index in [2.05, 4.69) is 10.4 Å². The van der Waals surface area contributed by atoms with Crippen molar-refractivity contribution in [1.29, 1.82) is 0 Å². The smallest absolute Gasteiger partial charge is 0.252 e. The number of nitrogens with one attached hydrogen (secondary N) is 1. The summed E-state index contributed by atoms with van der Waals surface area (Å²) in [6.45, 7) is 0. The van der Waals surface area contributed by atoms with Crippen molar-refractivity contribution in [1.82, 2.24) is 10.4 Å². The van der Waals surface area contributed by atoms with Crippen LogP contribution in [0.4, 0.5) is 11.5 Å². The maximum absolute atomic E-state index is 10.6. The van der Waals surface area contributed by atoms with Crippen LogP contribution in [0.15, 0.2) is 30.7 Å². The van der Waals surface area contributed by atoms with Crippen LogP contribution in [-0.4, -0.2) is 15.9 Å². The van der Waals surface area contributed by atoms with E-state index < -0.39 is 4.92 Å². The number of pyridine rings is 1. The highest BCUT2D eigenvalue weighted by Gasteiger charge is 2.40. The highest BCUT2D eigenvalue weighted by atomic mass is 16.6. The van der Waals surface area contributed by atoms with Gasteiger partial charge in [0.1, 0.15) is 5.82 Å². The van der Waals surface area contributed by atoms with Crippen molar-refractivity contribution in [2.75, 3.05) is 10.7 Å². The molecule has 112 valence electrons. The number of nitrogen functional groups attached to an aromatic ring is 1. The van der Waals surface area contributed by atoms with Crippen molar-refractivity contribution in [3.05, 3.63) is 40.8 Å². The van der Waals surface area contributed by atoms with E-state index in [1.807, 2.05) is 0 Å². The van der Waals surface area contributed by atoms with Gasteiger partial charge in [-0.25, -0.2) is 10.4 Å². The molecule has 3 rings (SSSR count). The summed E-state index contributed by atoms with van der Waals surface area (Å²) in [5, 5.41) is 12.3. The van der Waals surface area contributed by atoms with Gasteiger partial charge in [-0.1, -0.05) is 6.42 Å². The van der Waals surface area contributed by atoms with Gasteiger partial charge in [0.15, 0.2) is 0 Å². The van der Waals surface area contributed by atoms with Gasteiger partial charge in [0.25, 0.3) is 6.20 Å². The summed E-state index contributed by atoms with van der Waals surface area (Å²) >= 11 is 0. The molecule has 2 saturated carbocycles. The Morgan fingerprint density at radius 1 is 1.43 bits per heavy atom. The van der Waals surface area contributed by atoms with Crippen LogP contribution in [0.25, 0.3) is 0 Å². The Morgan fingerprint density at radius 3 is 2.86 bits per heavy atom. The monoisotopic (exact) mass is 289 g/mol. The molecule has 0 aliphatic heterocycles. The second-order valence-corrected chi connectivity index (χ2v) is 5.81. The summed E-state index contributed by atoms with van der Waals surface area (Å²) in [4.78, 5) is 14.2. The number of nitrogens with two attached hydrogens (primary N) is 1. The minimum Gasteiger partial charge on any atom is -0.384 e. The van der Waals surface area contributed by atoms with Gasteiger partial charge < -0.3 is 5.73 Å². The van der Waals surface area contributed by atoms with Crippen LogP contribution in [0.2, 0.25) is 0 Å². The molecule has 0 spiro atoms. The first-order valence-corrected chi connectivity index (χ1v) is 7.20. The molecule has 1 heterocycles. The lowest BCUT2D eigenvalue weighted by Crippen LogP contribution is -2.44. The molecule has 2 aliphatic carbocycles. The second kappa shape index (κ2) is 5.69.